The molecule has 8 heteroatoms. The maximum Gasteiger partial charge on any atom is 0.416 e. The lowest BCUT2D eigenvalue weighted by Gasteiger charge is -2.17. The molecule has 0 aliphatic heterocycles. The van der Waals surface area contributed by atoms with Crippen molar-refractivity contribution in [3.05, 3.63) is 47.9 Å². The van der Waals surface area contributed by atoms with Gasteiger partial charge in [-0.1, -0.05) is 29.4 Å². The molecule has 1 saturated carbocycles. The molecule has 0 saturated heterocycles. The average molecular weight is 363 g/mol. The second-order valence-electron chi connectivity index (χ2n) is 6.75. The number of benzene rings is 1. The number of fused-ring (bicyclic) bond motifs is 2. The number of carbonyl (C=O) groups is 1. The van der Waals surface area contributed by atoms with Gasteiger partial charge in [0.25, 0.3) is 0 Å². The summed E-state index contributed by atoms with van der Waals surface area (Å²) in [6.07, 6.45) is 2.26. The van der Waals surface area contributed by atoms with Crippen LogP contribution in [0.25, 0.3) is 11.4 Å². The molecule has 1 aromatic heterocycles. The SMILES string of the molecule is O=C(NC[C@@H]1C[C@@H]2C=C[C@H]1C2)c1nc(-c2ccc(C(F)(F)F)cc2)no1. The number of halogens is 3. The summed E-state index contributed by atoms with van der Waals surface area (Å²) >= 11 is 0. The first-order valence-electron chi connectivity index (χ1n) is 8.38. The fourth-order valence-electron chi connectivity index (χ4n) is 3.67. The lowest BCUT2D eigenvalue weighted by Crippen LogP contribution is -2.31. The van der Waals surface area contributed by atoms with Gasteiger partial charge in [0, 0.05) is 12.1 Å². The summed E-state index contributed by atoms with van der Waals surface area (Å²) in [5.74, 6) is 0.973. The first kappa shape index (κ1) is 16.8. The van der Waals surface area contributed by atoms with E-state index in [0.29, 0.717) is 29.9 Å². The van der Waals surface area contributed by atoms with Crippen LogP contribution < -0.4 is 5.32 Å². The van der Waals surface area contributed by atoms with Crippen molar-refractivity contribution in [1.82, 2.24) is 15.5 Å². The van der Waals surface area contributed by atoms with Gasteiger partial charge in [0.05, 0.1) is 5.56 Å². The molecule has 1 N–H and O–H groups in total. The summed E-state index contributed by atoms with van der Waals surface area (Å²) in [6, 6.07) is 4.37. The lowest BCUT2D eigenvalue weighted by molar-refractivity contribution is -0.137. The number of amides is 1. The molecule has 2 aliphatic rings. The highest BCUT2D eigenvalue weighted by Gasteiger charge is 2.35. The summed E-state index contributed by atoms with van der Waals surface area (Å²) in [6.45, 7) is 0.544. The predicted octanol–water partition coefficient (Wildman–Crippen LogP) is 3.70. The van der Waals surface area contributed by atoms with Gasteiger partial charge in [-0.05, 0) is 42.7 Å². The van der Waals surface area contributed by atoms with E-state index in [2.05, 4.69) is 27.6 Å². The molecule has 1 aromatic carbocycles. The van der Waals surface area contributed by atoms with Gasteiger partial charge in [-0.25, -0.2) is 0 Å². The van der Waals surface area contributed by atoms with Gasteiger partial charge in [0.2, 0.25) is 5.82 Å². The Labute approximate surface area is 147 Å². The number of alkyl halides is 3. The number of rotatable bonds is 4. The third-order valence-electron chi connectivity index (χ3n) is 5.03. The van der Waals surface area contributed by atoms with E-state index in [0.717, 1.165) is 25.0 Å². The Morgan fingerprint density at radius 3 is 2.58 bits per heavy atom. The van der Waals surface area contributed by atoms with Crippen molar-refractivity contribution < 1.29 is 22.5 Å². The van der Waals surface area contributed by atoms with Crippen LogP contribution in [0.4, 0.5) is 13.2 Å². The summed E-state index contributed by atoms with van der Waals surface area (Å²) < 4.78 is 42.7. The molecule has 2 bridgehead atoms. The zero-order valence-corrected chi connectivity index (χ0v) is 13.7. The zero-order valence-electron chi connectivity index (χ0n) is 13.7. The Bertz CT molecular complexity index is 842. The third-order valence-corrected chi connectivity index (χ3v) is 5.03. The molecule has 4 rings (SSSR count). The van der Waals surface area contributed by atoms with Crippen molar-refractivity contribution in [3.63, 3.8) is 0 Å². The first-order chi connectivity index (χ1) is 12.4. The number of carbonyl (C=O) groups excluding carboxylic acids is 1. The van der Waals surface area contributed by atoms with Crippen LogP contribution in [0.5, 0.6) is 0 Å². The van der Waals surface area contributed by atoms with Crippen LogP contribution in [-0.2, 0) is 6.18 Å². The second kappa shape index (κ2) is 6.26. The Balaban J connectivity index is 1.39. The molecular weight excluding hydrogens is 347 g/mol. The van der Waals surface area contributed by atoms with E-state index in [1.54, 1.807) is 0 Å². The van der Waals surface area contributed by atoms with Crippen LogP contribution in [-0.4, -0.2) is 22.6 Å². The lowest BCUT2D eigenvalue weighted by atomic mass is 9.94. The third kappa shape index (κ3) is 3.23. The number of nitrogens with one attached hydrogen (secondary N) is 1. The summed E-state index contributed by atoms with van der Waals surface area (Å²) in [5, 5.41) is 6.48. The molecule has 5 nitrogen and oxygen atoms in total. The minimum Gasteiger partial charge on any atom is -0.348 e. The number of allylic oxidation sites excluding steroid dienone is 2. The summed E-state index contributed by atoms with van der Waals surface area (Å²) in [5.41, 5.74) is -0.415. The fraction of sp³-hybridized carbons (Fsp3) is 0.389. The van der Waals surface area contributed by atoms with E-state index < -0.39 is 17.6 Å². The second-order valence-corrected chi connectivity index (χ2v) is 6.75. The molecule has 2 aromatic rings. The maximum atomic E-state index is 12.6. The molecule has 2 aliphatic carbocycles. The monoisotopic (exact) mass is 363 g/mol. The van der Waals surface area contributed by atoms with E-state index >= 15 is 0 Å². The topological polar surface area (TPSA) is 68.0 Å². The van der Waals surface area contributed by atoms with E-state index in [9.17, 15) is 18.0 Å². The highest BCUT2D eigenvalue weighted by atomic mass is 19.4. The molecule has 1 heterocycles. The molecule has 3 atom stereocenters. The molecule has 0 unspecified atom stereocenters. The number of hydrogen-bond acceptors (Lipinski definition) is 4. The van der Waals surface area contributed by atoms with Crippen LogP contribution in [0, 0.1) is 17.8 Å². The Kier molecular flexibility index (Phi) is 4.05. The van der Waals surface area contributed by atoms with Crippen molar-refractivity contribution >= 4 is 5.91 Å². The highest BCUT2D eigenvalue weighted by molar-refractivity contribution is 5.89. The van der Waals surface area contributed by atoms with Gasteiger partial charge >= 0.3 is 18.0 Å². The summed E-state index contributed by atoms with van der Waals surface area (Å²) in [7, 11) is 0. The Hall–Kier alpha value is -2.64. The van der Waals surface area contributed by atoms with Crippen molar-refractivity contribution in [2.45, 2.75) is 19.0 Å². The van der Waals surface area contributed by atoms with Crippen LogP contribution in [0.2, 0.25) is 0 Å². The van der Waals surface area contributed by atoms with Crippen LogP contribution in [0.3, 0.4) is 0 Å². The van der Waals surface area contributed by atoms with Gasteiger partial charge in [-0.3, -0.25) is 4.79 Å². The molecular formula is C18H16F3N3O2. The Morgan fingerprint density at radius 1 is 1.19 bits per heavy atom. The fourth-order valence-corrected chi connectivity index (χ4v) is 3.67. The normalized spacial score (nSPS) is 24.2. The van der Waals surface area contributed by atoms with E-state index in [4.69, 9.17) is 4.52 Å². The quantitative estimate of drug-likeness (QED) is 0.841. The molecule has 1 amide bonds. The molecule has 136 valence electrons. The number of aromatic nitrogens is 2. The molecule has 0 radical (unpaired) electrons. The molecule has 1 fully saturated rings. The van der Waals surface area contributed by atoms with Gasteiger partial charge < -0.3 is 9.84 Å². The Morgan fingerprint density at radius 2 is 1.96 bits per heavy atom. The number of hydrogen-bond donors (Lipinski definition) is 1. The molecule has 26 heavy (non-hydrogen) atoms. The predicted molar refractivity (Wildman–Crippen MR) is 85.9 cm³/mol. The van der Waals surface area contributed by atoms with Crippen LogP contribution in [0.1, 0.15) is 29.1 Å². The van der Waals surface area contributed by atoms with Gasteiger partial charge in [-0.15, -0.1) is 0 Å². The zero-order chi connectivity index (χ0) is 18.3. The largest absolute Gasteiger partial charge is 0.416 e. The average Bonchev–Trinajstić information content (AvgIpc) is 3.35. The van der Waals surface area contributed by atoms with Gasteiger partial charge in [-0.2, -0.15) is 18.2 Å². The number of nitrogens with zero attached hydrogens (tertiary/aromatic N) is 2. The standard InChI is InChI=1S/C18H16F3N3O2/c19-18(20,21)14-5-3-11(4-6-14)15-23-17(26-24-15)16(25)22-9-13-8-10-1-2-12(13)7-10/h1-6,10,12-13H,7-9H2,(H,22,25)/t10-,12+,13+/m1/s1. The van der Waals surface area contributed by atoms with Crippen LogP contribution >= 0.6 is 0 Å². The van der Waals surface area contributed by atoms with Crippen molar-refractivity contribution in [2.24, 2.45) is 17.8 Å². The highest BCUT2D eigenvalue weighted by Crippen LogP contribution is 2.42. The van der Waals surface area contributed by atoms with Crippen molar-refractivity contribution in [2.75, 3.05) is 6.54 Å². The van der Waals surface area contributed by atoms with Crippen LogP contribution in [0.15, 0.2) is 40.9 Å². The minimum absolute atomic E-state index is 0.0757. The van der Waals surface area contributed by atoms with E-state index in [-0.39, 0.29) is 11.7 Å². The van der Waals surface area contributed by atoms with E-state index in [1.807, 2.05) is 0 Å². The smallest absolute Gasteiger partial charge is 0.348 e. The van der Waals surface area contributed by atoms with Gasteiger partial charge in [0.1, 0.15) is 0 Å². The molecule has 0 spiro atoms. The minimum atomic E-state index is -4.41. The summed E-state index contributed by atoms with van der Waals surface area (Å²) in [4.78, 5) is 16.1. The first-order valence-corrected chi connectivity index (χ1v) is 8.38. The maximum absolute atomic E-state index is 12.6. The van der Waals surface area contributed by atoms with Crippen molar-refractivity contribution in [1.29, 1.82) is 0 Å². The van der Waals surface area contributed by atoms with Gasteiger partial charge in [0.15, 0.2) is 0 Å². The van der Waals surface area contributed by atoms with E-state index in [1.165, 1.54) is 12.1 Å². The van der Waals surface area contributed by atoms with Crippen molar-refractivity contribution in [3.8, 4) is 11.4 Å².